The molecule has 0 aromatic heterocycles. The molecule has 0 aliphatic heterocycles. The molecule has 35 heavy (non-hydrogen) atoms. The molecule has 3 rings (SSSR count). The highest BCUT2D eigenvalue weighted by atomic mass is 16.6. The molecular formula is C27H30N2O6. The van der Waals surface area contributed by atoms with Crippen molar-refractivity contribution >= 4 is 28.5 Å². The highest BCUT2D eigenvalue weighted by Gasteiger charge is 2.24. The Hall–Kier alpha value is -3.88. The third kappa shape index (κ3) is 7.56. The van der Waals surface area contributed by atoms with E-state index in [9.17, 15) is 9.59 Å². The number of benzene rings is 3. The summed E-state index contributed by atoms with van der Waals surface area (Å²) in [5.41, 5.74) is 2.95. The lowest BCUT2D eigenvalue weighted by Crippen LogP contribution is -2.22. The smallest absolute Gasteiger partial charge is 0.412 e. The van der Waals surface area contributed by atoms with Crippen molar-refractivity contribution in [3.8, 4) is 5.75 Å². The fourth-order valence-corrected chi connectivity index (χ4v) is 3.78. The molecule has 0 fully saturated rings. The number of aliphatic hydroxyl groups is 1. The van der Waals surface area contributed by atoms with Crippen LogP contribution in [0, 0.1) is 5.92 Å². The van der Waals surface area contributed by atoms with E-state index in [2.05, 4.69) is 5.32 Å². The van der Waals surface area contributed by atoms with Gasteiger partial charge in [-0.15, -0.1) is 0 Å². The van der Waals surface area contributed by atoms with Crippen molar-refractivity contribution in [3.05, 3.63) is 84.4 Å². The molecule has 4 N–H and O–H groups in total. The molecule has 184 valence electrons. The number of hydrogen-bond acceptors (Lipinski definition) is 6. The van der Waals surface area contributed by atoms with Gasteiger partial charge in [-0.3, -0.25) is 15.3 Å². The summed E-state index contributed by atoms with van der Waals surface area (Å²) in [6, 6.07) is 20.6. The lowest BCUT2D eigenvalue weighted by atomic mass is 9.93. The van der Waals surface area contributed by atoms with Crippen LogP contribution in [0.25, 0.3) is 10.8 Å². The molecule has 0 heterocycles. The number of ether oxygens (including phenoxy) is 2. The largest absolute Gasteiger partial charge is 0.491 e. The Morgan fingerprint density at radius 3 is 2.63 bits per heavy atom. The first kappa shape index (κ1) is 25.7. The zero-order valence-corrected chi connectivity index (χ0v) is 19.5. The molecule has 0 aliphatic carbocycles. The van der Waals surface area contributed by atoms with Crippen LogP contribution in [0.1, 0.15) is 31.4 Å². The van der Waals surface area contributed by atoms with Crippen LogP contribution in [0.15, 0.2) is 78.9 Å². The quantitative estimate of drug-likeness (QED) is 0.175. The lowest BCUT2D eigenvalue weighted by Gasteiger charge is -2.25. The lowest BCUT2D eigenvalue weighted by molar-refractivity contribution is -0.124. The maximum atomic E-state index is 13.0. The van der Waals surface area contributed by atoms with E-state index in [-0.39, 0.29) is 19.1 Å². The number of hydrogen-bond donors (Lipinski definition) is 4. The van der Waals surface area contributed by atoms with Gasteiger partial charge in [-0.1, -0.05) is 61.5 Å². The van der Waals surface area contributed by atoms with E-state index in [1.54, 1.807) is 29.8 Å². The summed E-state index contributed by atoms with van der Waals surface area (Å²) < 4.78 is 11.4. The van der Waals surface area contributed by atoms with Crippen LogP contribution in [0.4, 0.5) is 10.5 Å². The predicted octanol–water partition coefficient (Wildman–Crippen LogP) is 4.98. The molecule has 2 atom stereocenters. The molecule has 3 aromatic carbocycles. The second kappa shape index (κ2) is 13.1. The van der Waals surface area contributed by atoms with Gasteiger partial charge in [-0.25, -0.2) is 10.3 Å². The number of carbonyl (C=O) groups excluding carboxylic acids is 2. The first-order chi connectivity index (χ1) is 17.0. The highest BCUT2D eigenvalue weighted by molar-refractivity contribution is 6.00. The Kier molecular flexibility index (Phi) is 9.65. The van der Waals surface area contributed by atoms with Crippen LogP contribution in [-0.4, -0.2) is 35.5 Å². The molecule has 0 saturated carbocycles. The van der Waals surface area contributed by atoms with Crippen molar-refractivity contribution in [1.29, 1.82) is 0 Å². The van der Waals surface area contributed by atoms with Crippen LogP contribution in [0.3, 0.4) is 0 Å². The fourth-order valence-electron chi connectivity index (χ4n) is 3.78. The zero-order valence-electron chi connectivity index (χ0n) is 19.5. The highest BCUT2D eigenvalue weighted by Crippen LogP contribution is 2.32. The fraction of sp³-hybridized carbons (Fsp3) is 0.259. The average molecular weight is 479 g/mol. The predicted molar refractivity (Wildman–Crippen MR) is 133 cm³/mol. The number of hydroxylamine groups is 1. The first-order valence-corrected chi connectivity index (χ1v) is 11.4. The van der Waals surface area contributed by atoms with Crippen LogP contribution in [-0.2, 0) is 9.53 Å². The van der Waals surface area contributed by atoms with Gasteiger partial charge in [0.05, 0.1) is 12.3 Å². The van der Waals surface area contributed by atoms with Crippen molar-refractivity contribution in [3.63, 3.8) is 0 Å². The van der Waals surface area contributed by atoms with Gasteiger partial charge < -0.3 is 14.6 Å². The van der Waals surface area contributed by atoms with Crippen molar-refractivity contribution in [2.75, 3.05) is 18.5 Å². The van der Waals surface area contributed by atoms with Gasteiger partial charge in [0.15, 0.2) is 0 Å². The summed E-state index contributed by atoms with van der Waals surface area (Å²) in [7, 11) is 0. The minimum Gasteiger partial charge on any atom is -0.491 e. The maximum Gasteiger partial charge on any atom is 0.412 e. The number of rotatable bonds is 11. The number of fused-ring (bicyclic) bond motifs is 1. The molecule has 2 amide bonds. The van der Waals surface area contributed by atoms with Crippen molar-refractivity contribution in [2.24, 2.45) is 5.92 Å². The zero-order chi connectivity index (χ0) is 25.0. The molecule has 8 nitrogen and oxygen atoms in total. The number of nitrogens with one attached hydrogen (secondary N) is 2. The van der Waals surface area contributed by atoms with Gasteiger partial charge >= 0.3 is 6.09 Å². The van der Waals surface area contributed by atoms with Gasteiger partial charge in [0.25, 0.3) is 5.91 Å². The summed E-state index contributed by atoms with van der Waals surface area (Å²) in [6.07, 6.45) is 2.87. The summed E-state index contributed by atoms with van der Waals surface area (Å²) >= 11 is 0. The van der Waals surface area contributed by atoms with Gasteiger partial charge in [-0.2, -0.15) is 0 Å². The second-order valence-corrected chi connectivity index (χ2v) is 8.06. The standard InChI is InChI=1S/C27H30N2O6/c1-19(8-2-5-15-25(31)29-33)26(21-11-6-12-22(18-21)34-17-16-30)35-27(32)28-24-14-7-10-20-9-3-4-13-23(20)24/h3-7,9-15,18-19,26,30,33H,2,8,16-17H2,1H3,(H,28,32)(H,29,31)/b15-5+/t19-,26+/m0/s1. The number of allylic oxidation sites excluding steroid dienone is 1. The van der Waals surface area contributed by atoms with Gasteiger partial charge in [0.2, 0.25) is 0 Å². The van der Waals surface area contributed by atoms with E-state index in [4.69, 9.17) is 19.8 Å². The van der Waals surface area contributed by atoms with E-state index in [1.165, 1.54) is 6.08 Å². The molecule has 0 radical (unpaired) electrons. The topological polar surface area (TPSA) is 117 Å². The Balaban J connectivity index is 1.78. The molecule has 0 unspecified atom stereocenters. The van der Waals surface area contributed by atoms with Crippen LogP contribution < -0.4 is 15.5 Å². The van der Waals surface area contributed by atoms with Gasteiger partial charge in [-0.05, 0) is 47.9 Å². The van der Waals surface area contributed by atoms with Crippen LogP contribution >= 0.6 is 0 Å². The Bertz CT molecular complexity index is 1160. The average Bonchev–Trinajstić information content (AvgIpc) is 2.88. The van der Waals surface area contributed by atoms with Crippen molar-refractivity contribution in [2.45, 2.75) is 25.9 Å². The van der Waals surface area contributed by atoms with Crippen molar-refractivity contribution in [1.82, 2.24) is 5.48 Å². The number of anilines is 1. The van der Waals surface area contributed by atoms with E-state index in [0.29, 0.717) is 24.3 Å². The normalized spacial score (nSPS) is 12.8. The molecular weight excluding hydrogens is 448 g/mol. The van der Waals surface area contributed by atoms with E-state index in [1.807, 2.05) is 55.5 Å². The Morgan fingerprint density at radius 1 is 1.06 bits per heavy atom. The van der Waals surface area contributed by atoms with E-state index in [0.717, 1.165) is 16.3 Å². The number of amides is 2. The summed E-state index contributed by atoms with van der Waals surface area (Å²) in [5.74, 6) is -0.150. The van der Waals surface area contributed by atoms with Gasteiger partial charge in [0.1, 0.15) is 18.5 Å². The summed E-state index contributed by atoms with van der Waals surface area (Å²) in [6.45, 7) is 2.00. The summed E-state index contributed by atoms with van der Waals surface area (Å²) in [5, 5.41) is 22.4. The number of carbonyl (C=O) groups is 2. The third-order valence-electron chi connectivity index (χ3n) is 5.49. The minimum absolute atomic E-state index is 0.108. The molecule has 0 spiro atoms. The van der Waals surface area contributed by atoms with Crippen LogP contribution in [0.5, 0.6) is 5.75 Å². The molecule has 0 saturated heterocycles. The third-order valence-corrected chi connectivity index (χ3v) is 5.49. The molecule has 3 aromatic rings. The van der Waals surface area contributed by atoms with Gasteiger partial charge in [0, 0.05) is 11.5 Å². The molecule has 8 heteroatoms. The summed E-state index contributed by atoms with van der Waals surface area (Å²) in [4.78, 5) is 24.2. The monoisotopic (exact) mass is 478 g/mol. The maximum absolute atomic E-state index is 13.0. The van der Waals surface area contributed by atoms with Crippen molar-refractivity contribution < 1.29 is 29.4 Å². The SMILES string of the molecule is C[C@@H](CC/C=C/C(=O)NO)[C@@H](OC(=O)Nc1cccc2ccccc12)c1cccc(OCCO)c1. The van der Waals surface area contributed by atoms with E-state index < -0.39 is 18.1 Å². The first-order valence-electron chi connectivity index (χ1n) is 11.4. The second-order valence-electron chi connectivity index (χ2n) is 8.06. The minimum atomic E-state index is -0.603. The number of aliphatic hydroxyl groups excluding tert-OH is 1. The van der Waals surface area contributed by atoms with E-state index >= 15 is 0 Å². The van der Waals surface area contributed by atoms with Crippen LogP contribution in [0.2, 0.25) is 0 Å². The Morgan fingerprint density at radius 2 is 1.83 bits per heavy atom. The molecule has 0 aliphatic rings. The Labute approximate surface area is 204 Å². The molecule has 0 bridgehead atoms.